The number of hydrogen-bond acceptors (Lipinski definition) is 10. The number of hydrogen-bond donors (Lipinski definition) is 7. The van der Waals surface area contributed by atoms with Crippen molar-refractivity contribution in [2.24, 2.45) is 0 Å². The Morgan fingerprint density at radius 1 is 0.927 bits per heavy atom. The van der Waals surface area contributed by atoms with Crippen molar-refractivity contribution in [2.45, 2.75) is 66.5 Å². The van der Waals surface area contributed by atoms with Crippen molar-refractivity contribution in [2.75, 3.05) is 6.61 Å². The molecule has 55 heavy (non-hydrogen) atoms. The van der Waals surface area contributed by atoms with Crippen molar-refractivity contribution < 1.29 is 43.4 Å². The molecule has 5 aromatic rings. The predicted octanol–water partition coefficient (Wildman–Crippen LogP) is 10.2. The number of halogens is 3. The van der Waals surface area contributed by atoms with E-state index < -0.39 is 11.9 Å². The van der Waals surface area contributed by atoms with Crippen LogP contribution in [0.2, 0.25) is 0 Å². The number of phenolic OH excluding ortho intramolecular Hbond substituents is 4. The second kappa shape index (κ2) is 18.4. The lowest BCUT2D eigenvalue weighted by Gasteiger charge is -2.10. The maximum Gasteiger partial charge on any atom is 0.433 e. The summed E-state index contributed by atoms with van der Waals surface area (Å²) < 4.78 is 46.0. The Morgan fingerprint density at radius 3 is 2.09 bits per heavy atom. The van der Waals surface area contributed by atoms with Crippen molar-refractivity contribution in [3.05, 3.63) is 106 Å². The van der Waals surface area contributed by atoms with Crippen LogP contribution in [0.15, 0.2) is 72.9 Å². The number of thiazole rings is 1. The largest absolute Gasteiger partial charge is 0.512 e. The van der Waals surface area contributed by atoms with Crippen LogP contribution >= 0.6 is 11.3 Å². The number of aromatic amines is 2. The highest BCUT2D eigenvalue weighted by atomic mass is 32.1. The molecule has 0 fully saturated rings. The highest BCUT2D eigenvalue weighted by molar-refractivity contribution is 7.16. The predicted molar refractivity (Wildman–Crippen MR) is 208 cm³/mol. The number of nitrogens with zero attached hydrogens (tertiary/aromatic N) is 3. The summed E-state index contributed by atoms with van der Waals surface area (Å²) in [5.41, 5.74) is 3.28. The van der Waals surface area contributed by atoms with Crippen molar-refractivity contribution in [1.82, 2.24) is 25.4 Å². The fraction of sp³-hybridized carbons (Fsp3) is 0.275. The zero-order valence-electron chi connectivity index (χ0n) is 31.2. The molecule has 1 unspecified atom stereocenters. The van der Waals surface area contributed by atoms with E-state index in [1.807, 2.05) is 58.9 Å². The van der Waals surface area contributed by atoms with E-state index in [1.165, 1.54) is 12.1 Å². The molecule has 0 spiro atoms. The first-order valence-electron chi connectivity index (χ1n) is 17.4. The number of H-pyrrole nitrogens is 2. The molecule has 7 N–H and O–H groups in total. The number of benzene rings is 2. The van der Waals surface area contributed by atoms with Crippen LogP contribution in [-0.2, 0) is 23.8 Å². The van der Waals surface area contributed by atoms with Gasteiger partial charge in [0.15, 0.2) is 11.5 Å². The molecule has 0 saturated heterocycles. The Morgan fingerprint density at radius 2 is 1.56 bits per heavy atom. The first-order chi connectivity index (χ1) is 26.2. The average molecular weight is 780 g/mol. The molecule has 1 atom stereocenters. The lowest BCUT2D eigenvalue weighted by molar-refractivity contribution is -0.140. The minimum atomic E-state index is -4.67. The molecule has 15 heteroatoms. The van der Waals surface area contributed by atoms with Gasteiger partial charge in [0.1, 0.15) is 40.0 Å². The molecule has 0 aliphatic heterocycles. The summed E-state index contributed by atoms with van der Waals surface area (Å²) in [7, 11) is 0. The Hall–Kier alpha value is -5.96. The monoisotopic (exact) mass is 779 g/mol. The minimum Gasteiger partial charge on any atom is -0.512 e. The van der Waals surface area contributed by atoms with Gasteiger partial charge in [0.05, 0.1) is 34.6 Å². The van der Waals surface area contributed by atoms with Gasteiger partial charge in [0.2, 0.25) is 0 Å². The van der Waals surface area contributed by atoms with Gasteiger partial charge in [-0.1, -0.05) is 45.1 Å². The van der Waals surface area contributed by atoms with E-state index in [1.54, 1.807) is 31.3 Å². The van der Waals surface area contributed by atoms with Crippen LogP contribution in [0.1, 0.15) is 73.5 Å². The minimum absolute atomic E-state index is 0.0263. The summed E-state index contributed by atoms with van der Waals surface area (Å²) in [6, 6.07) is 5.72. The lowest BCUT2D eigenvalue weighted by Crippen LogP contribution is -2.07. The number of nitrogens with one attached hydrogen (secondary N) is 2. The fourth-order valence-corrected chi connectivity index (χ4v) is 6.68. The molecule has 6 rings (SSSR count). The Labute approximate surface area is 320 Å². The van der Waals surface area contributed by atoms with Gasteiger partial charge in [-0.25, -0.2) is 4.98 Å². The second-order valence-corrected chi connectivity index (χ2v) is 13.2. The number of phenols is 4. The molecule has 3 aromatic heterocycles. The number of fused-ring (bicyclic) bond motifs is 1. The third-order valence-corrected chi connectivity index (χ3v) is 9.48. The van der Waals surface area contributed by atoms with Gasteiger partial charge in [0, 0.05) is 29.2 Å². The first-order valence-corrected chi connectivity index (χ1v) is 18.2. The third kappa shape index (κ3) is 9.78. The maximum absolute atomic E-state index is 13.6. The highest BCUT2D eigenvalue weighted by Crippen LogP contribution is 2.47. The van der Waals surface area contributed by atoms with Crippen molar-refractivity contribution in [1.29, 1.82) is 0 Å². The molecule has 292 valence electrons. The van der Waals surface area contributed by atoms with Crippen LogP contribution in [0.25, 0.3) is 39.2 Å². The van der Waals surface area contributed by atoms with E-state index in [2.05, 4.69) is 25.4 Å². The number of aromatic nitrogens is 5. The van der Waals surface area contributed by atoms with Gasteiger partial charge in [-0.3, -0.25) is 10.2 Å². The summed E-state index contributed by atoms with van der Waals surface area (Å²) in [6.07, 6.45) is 10.2. The zero-order valence-corrected chi connectivity index (χ0v) is 32.0. The summed E-state index contributed by atoms with van der Waals surface area (Å²) in [5, 5.41) is 61.0. The molecular formula is C40H44F3N5O6S. The van der Waals surface area contributed by atoms with Gasteiger partial charge in [-0.2, -0.15) is 23.4 Å². The molecule has 2 aromatic carbocycles. The number of aryl methyl sites for hydroxylation is 3. The number of aliphatic hydroxyl groups excluding tert-OH is 1. The molecular weight excluding hydrogens is 736 g/mol. The maximum atomic E-state index is 13.6. The molecule has 0 bridgehead atoms. The van der Waals surface area contributed by atoms with Crippen molar-refractivity contribution in [3.8, 4) is 56.1 Å². The summed E-state index contributed by atoms with van der Waals surface area (Å²) in [5.74, 6) is 0.213. The van der Waals surface area contributed by atoms with E-state index in [4.69, 9.17) is 9.84 Å². The molecule has 11 nitrogen and oxygen atoms in total. The number of ether oxygens (including phenoxy) is 1. The smallest absolute Gasteiger partial charge is 0.433 e. The summed E-state index contributed by atoms with van der Waals surface area (Å²) >= 11 is 1.15. The van der Waals surface area contributed by atoms with Crippen molar-refractivity contribution in [3.63, 3.8) is 0 Å². The number of rotatable bonds is 9. The normalized spacial score (nSPS) is 13.8. The van der Waals surface area contributed by atoms with Crippen LogP contribution in [-0.4, -0.2) is 57.5 Å². The van der Waals surface area contributed by atoms with Crippen LogP contribution in [0.3, 0.4) is 0 Å². The van der Waals surface area contributed by atoms with E-state index in [9.17, 15) is 33.6 Å². The molecule has 0 amide bonds. The number of aliphatic hydroxyl groups is 1. The summed E-state index contributed by atoms with van der Waals surface area (Å²) in [6.45, 7) is 11.9. The Kier molecular flexibility index (Phi) is 14.0. The summed E-state index contributed by atoms with van der Waals surface area (Å²) in [4.78, 5) is 5.24. The van der Waals surface area contributed by atoms with Gasteiger partial charge in [-0.15, -0.1) is 11.3 Å². The van der Waals surface area contributed by atoms with Gasteiger partial charge in [0.25, 0.3) is 0 Å². The van der Waals surface area contributed by atoms with Crippen LogP contribution in [0.5, 0.6) is 23.0 Å². The quantitative estimate of drug-likeness (QED) is 0.0566. The van der Waals surface area contributed by atoms with Gasteiger partial charge < -0.3 is 30.3 Å². The van der Waals surface area contributed by atoms with E-state index >= 15 is 0 Å². The zero-order chi connectivity index (χ0) is 40.4. The van der Waals surface area contributed by atoms with Crippen molar-refractivity contribution >= 4 is 17.4 Å². The molecule has 3 heterocycles. The lowest BCUT2D eigenvalue weighted by atomic mass is 10.0. The molecule has 0 saturated carbocycles. The molecule has 1 aliphatic carbocycles. The Bertz CT molecular complexity index is 2210. The molecule has 1 aliphatic rings. The van der Waals surface area contributed by atoms with Crippen LogP contribution < -0.4 is 0 Å². The number of allylic oxidation sites excluding steroid dienone is 5. The van der Waals surface area contributed by atoms with E-state index in [0.717, 1.165) is 51.1 Å². The molecule has 0 radical (unpaired) electrons. The van der Waals surface area contributed by atoms with Gasteiger partial charge >= 0.3 is 6.18 Å². The van der Waals surface area contributed by atoms with E-state index in [0.29, 0.717) is 36.3 Å². The Balaban J connectivity index is 0.000000210. The topological polar surface area (TPSA) is 181 Å². The number of aromatic hydroxyl groups is 4. The second-order valence-electron chi connectivity index (χ2n) is 12.2. The third-order valence-electron chi connectivity index (χ3n) is 8.42. The van der Waals surface area contributed by atoms with E-state index in [-0.39, 0.29) is 50.7 Å². The SMILES string of the molecule is CCc1cc(-c2[nH]ncc2C)c(O)cc1O.CCc1cc(-c2n[nH]c(C(F)(F)F)c2-c2nc3c(s2)C=CC3C)c(O)cc1O.C\C=C/C=C\C(=C\O)OCC. The van der Waals surface area contributed by atoms with Gasteiger partial charge in [-0.05, 0) is 74.6 Å². The highest BCUT2D eigenvalue weighted by Gasteiger charge is 2.40. The van der Waals surface area contributed by atoms with Crippen LogP contribution in [0, 0.1) is 6.92 Å². The van der Waals surface area contributed by atoms with Crippen LogP contribution in [0.4, 0.5) is 13.2 Å². The standard InChI is InChI=1S/C19H16F3N3O2S.C12H14N2O2.C9H14O2/c1-3-9-6-10(12(27)7-11(9)26)16-14(17(25-24-16)19(20,21)22)18-23-15-8(2)4-5-13(15)28-18;1-3-8-4-9(11(16)5-10(8)15)12-7(2)6-13-14-12;1-3-5-6-7-9(8-10)11-4-2/h4-8,26-27H,3H2,1-2H3,(H,24,25);4-6,15-16H,3H2,1-2H3,(H,13,14);3,5-8,10H,4H2,1-2H3/b;;5-3-,7-6-,9-8-. The first kappa shape index (κ1) is 41.8. The number of alkyl halides is 3. The fourth-order valence-electron chi connectivity index (χ4n) is 5.55. The average Bonchev–Trinajstić information content (AvgIpc) is 3.94.